The normalized spacial score (nSPS) is 10.9. The number of aromatic nitrogens is 1. The van der Waals surface area contributed by atoms with Crippen molar-refractivity contribution in [3.05, 3.63) is 53.3 Å². The number of para-hydroxylation sites is 1. The third kappa shape index (κ3) is 4.22. The van der Waals surface area contributed by atoms with Gasteiger partial charge in [0.05, 0.1) is 9.72 Å². The standard InChI is InChI=1S/C16H12ClFN2OS2/c17-12-2-1-3-13-15(12)20-16(23-13)19-14(21)8-9-22-11-6-4-10(18)5-7-11/h1-7H,8-9H2,(H,19,20,21). The molecule has 0 aliphatic carbocycles. The molecule has 3 nitrogen and oxygen atoms in total. The van der Waals surface area contributed by atoms with Gasteiger partial charge in [-0.1, -0.05) is 29.0 Å². The van der Waals surface area contributed by atoms with Crippen LogP contribution in [-0.2, 0) is 4.79 Å². The van der Waals surface area contributed by atoms with Crippen LogP contribution < -0.4 is 5.32 Å². The summed E-state index contributed by atoms with van der Waals surface area (Å²) >= 11 is 8.98. The largest absolute Gasteiger partial charge is 0.302 e. The first-order valence-electron chi connectivity index (χ1n) is 6.85. The maximum Gasteiger partial charge on any atom is 0.226 e. The highest BCUT2D eigenvalue weighted by molar-refractivity contribution is 7.99. The number of carbonyl (C=O) groups excluding carboxylic acids is 1. The minimum Gasteiger partial charge on any atom is -0.302 e. The first-order chi connectivity index (χ1) is 11.1. The molecule has 0 spiro atoms. The van der Waals surface area contributed by atoms with Crippen LogP contribution in [-0.4, -0.2) is 16.6 Å². The van der Waals surface area contributed by atoms with Gasteiger partial charge < -0.3 is 5.32 Å². The lowest BCUT2D eigenvalue weighted by atomic mass is 10.3. The zero-order valence-corrected chi connectivity index (χ0v) is 14.3. The SMILES string of the molecule is O=C(CCSc1ccc(F)cc1)Nc1nc2c(Cl)cccc2s1. The molecule has 23 heavy (non-hydrogen) atoms. The fraction of sp³-hybridized carbons (Fsp3) is 0.125. The van der Waals surface area contributed by atoms with Gasteiger partial charge in [0, 0.05) is 17.1 Å². The summed E-state index contributed by atoms with van der Waals surface area (Å²) in [5.74, 6) is 0.250. The number of halogens is 2. The van der Waals surface area contributed by atoms with Crippen LogP contribution in [0.2, 0.25) is 5.02 Å². The van der Waals surface area contributed by atoms with Crippen molar-refractivity contribution in [2.24, 2.45) is 0 Å². The molecule has 3 aromatic rings. The topological polar surface area (TPSA) is 42.0 Å². The number of nitrogens with zero attached hydrogens (tertiary/aromatic N) is 1. The van der Waals surface area contributed by atoms with Gasteiger partial charge in [-0.3, -0.25) is 4.79 Å². The molecule has 7 heteroatoms. The Morgan fingerprint density at radius 1 is 1.26 bits per heavy atom. The summed E-state index contributed by atoms with van der Waals surface area (Å²) in [7, 11) is 0. The van der Waals surface area contributed by atoms with Gasteiger partial charge in [0.1, 0.15) is 11.3 Å². The van der Waals surface area contributed by atoms with E-state index >= 15 is 0 Å². The number of thioether (sulfide) groups is 1. The van der Waals surface area contributed by atoms with Gasteiger partial charge >= 0.3 is 0 Å². The summed E-state index contributed by atoms with van der Waals surface area (Å²) in [5, 5.41) is 3.91. The Kier molecular flexibility index (Phi) is 5.15. The predicted molar refractivity (Wildman–Crippen MR) is 95.0 cm³/mol. The highest BCUT2D eigenvalue weighted by Gasteiger charge is 2.09. The lowest BCUT2D eigenvalue weighted by molar-refractivity contribution is -0.115. The van der Waals surface area contributed by atoms with Gasteiger partial charge in [0.2, 0.25) is 5.91 Å². The molecule has 118 valence electrons. The van der Waals surface area contributed by atoms with Crippen molar-refractivity contribution < 1.29 is 9.18 Å². The molecule has 3 rings (SSSR count). The molecule has 0 radical (unpaired) electrons. The second kappa shape index (κ2) is 7.29. The van der Waals surface area contributed by atoms with E-state index in [2.05, 4.69) is 10.3 Å². The van der Waals surface area contributed by atoms with E-state index in [9.17, 15) is 9.18 Å². The maximum atomic E-state index is 12.8. The van der Waals surface area contributed by atoms with Gasteiger partial charge in [0.15, 0.2) is 5.13 Å². The third-order valence-electron chi connectivity index (χ3n) is 3.03. The van der Waals surface area contributed by atoms with Gasteiger partial charge in [-0.2, -0.15) is 0 Å². The summed E-state index contributed by atoms with van der Waals surface area (Å²) < 4.78 is 13.7. The first-order valence-corrected chi connectivity index (χ1v) is 9.03. The van der Waals surface area contributed by atoms with E-state index in [1.165, 1.54) is 35.2 Å². The molecule has 0 atom stereocenters. The second-order valence-electron chi connectivity index (χ2n) is 4.71. The van der Waals surface area contributed by atoms with Crippen molar-refractivity contribution in [1.29, 1.82) is 0 Å². The lowest BCUT2D eigenvalue weighted by Gasteiger charge is -2.02. The zero-order chi connectivity index (χ0) is 16.2. The summed E-state index contributed by atoms with van der Waals surface area (Å²) in [5.41, 5.74) is 0.704. The molecular formula is C16H12ClFN2OS2. The van der Waals surface area contributed by atoms with E-state index in [1.54, 1.807) is 18.2 Å². The number of nitrogens with one attached hydrogen (secondary N) is 1. The molecule has 1 heterocycles. The molecule has 1 amide bonds. The predicted octanol–water partition coefficient (Wildman–Crippen LogP) is 5.21. The van der Waals surface area contributed by atoms with Crippen molar-refractivity contribution in [3.63, 3.8) is 0 Å². The number of thiazole rings is 1. The molecule has 0 aliphatic rings. The molecule has 1 aromatic heterocycles. The highest BCUT2D eigenvalue weighted by Crippen LogP contribution is 2.30. The Morgan fingerprint density at radius 2 is 2.04 bits per heavy atom. The quantitative estimate of drug-likeness (QED) is 0.630. The molecule has 1 N–H and O–H groups in total. The Balaban J connectivity index is 1.54. The number of hydrogen-bond acceptors (Lipinski definition) is 4. The minimum absolute atomic E-state index is 0.102. The van der Waals surface area contributed by atoms with Crippen LogP contribution in [0.5, 0.6) is 0 Å². The fourth-order valence-corrected chi connectivity index (χ4v) is 3.98. The number of amides is 1. The van der Waals surface area contributed by atoms with Crippen LogP contribution in [0.4, 0.5) is 9.52 Å². The maximum absolute atomic E-state index is 12.8. The zero-order valence-electron chi connectivity index (χ0n) is 11.9. The van der Waals surface area contributed by atoms with Crippen LogP contribution in [0.15, 0.2) is 47.4 Å². The van der Waals surface area contributed by atoms with Crippen LogP contribution >= 0.6 is 34.7 Å². The fourth-order valence-electron chi connectivity index (χ4n) is 1.94. The van der Waals surface area contributed by atoms with Crippen LogP contribution in [0.25, 0.3) is 10.2 Å². The van der Waals surface area contributed by atoms with Gasteiger partial charge in [-0.25, -0.2) is 9.37 Å². The van der Waals surface area contributed by atoms with Crippen LogP contribution in [0, 0.1) is 5.82 Å². The third-order valence-corrected chi connectivity index (χ3v) is 5.28. The van der Waals surface area contributed by atoms with E-state index < -0.39 is 0 Å². The van der Waals surface area contributed by atoms with Gasteiger partial charge in [0.25, 0.3) is 0 Å². The Hall–Kier alpha value is -1.63. The van der Waals surface area contributed by atoms with Crippen molar-refractivity contribution in [2.75, 3.05) is 11.1 Å². The van der Waals surface area contributed by atoms with E-state index in [1.807, 2.05) is 12.1 Å². The van der Waals surface area contributed by atoms with Gasteiger partial charge in [-0.15, -0.1) is 11.8 Å². The summed E-state index contributed by atoms with van der Waals surface area (Å²) in [6.07, 6.45) is 0.353. The molecule has 0 fully saturated rings. The number of anilines is 1. The monoisotopic (exact) mass is 366 g/mol. The Morgan fingerprint density at radius 3 is 2.78 bits per heavy atom. The Bertz CT molecular complexity index is 836. The smallest absolute Gasteiger partial charge is 0.226 e. The van der Waals surface area contributed by atoms with Crippen molar-refractivity contribution in [3.8, 4) is 0 Å². The second-order valence-corrected chi connectivity index (χ2v) is 7.31. The molecule has 0 unspecified atom stereocenters. The van der Waals surface area contributed by atoms with Crippen molar-refractivity contribution in [1.82, 2.24) is 4.98 Å². The van der Waals surface area contributed by atoms with E-state index in [4.69, 9.17) is 11.6 Å². The lowest BCUT2D eigenvalue weighted by Crippen LogP contribution is -2.11. The van der Waals surface area contributed by atoms with Crippen molar-refractivity contribution in [2.45, 2.75) is 11.3 Å². The van der Waals surface area contributed by atoms with Gasteiger partial charge in [-0.05, 0) is 36.4 Å². The first kappa shape index (κ1) is 16.2. The van der Waals surface area contributed by atoms with E-state index in [0.717, 1.165) is 9.60 Å². The van der Waals surface area contributed by atoms with E-state index in [0.29, 0.717) is 27.8 Å². The number of benzene rings is 2. The summed E-state index contributed by atoms with van der Waals surface area (Å²) in [6, 6.07) is 11.8. The molecule has 0 saturated heterocycles. The highest BCUT2D eigenvalue weighted by atomic mass is 35.5. The average Bonchev–Trinajstić information content (AvgIpc) is 2.93. The molecule has 0 bridgehead atoms. The molecule has 0 aliphatic heterocycles. The van der Waals surface area contributed by atoms with Crippen LogP contribution in [0.1, 0.15) is 6.42 Å². The summed E-state index contributed by atoms with van der Waals surface area (Å²) in [4.78, 5) is 17.2. The Labute approximate surface area is 145 Å². The molecule has 0 saturated carbocycles. The minimum atomic E-state index is -0.262. The van der Waals surface area contributed by atoms with E-state index in [-0.39, 0.29) is 11.7 Å². The number of hydrogen-bond donors (Lipinski definition) is 1. The van der Waals surface area contributed by atoms with Crippen molar-refractivity contribution >= 4 is 56.0 Å². The molecular weight excluding hydrogens is 355 g/mol. The number of rotatable bonds is 5. The summed E-state index contributed by atoms with van der Waals surface area (Å²) in [6.45, 7) is 0. The molecule has 2 aromatic carbocycles. The number of carbonyl (C=O) groups is 1. The number of fused-ring (bicyclic) bond motifs is 1. The average molecular weight is 367 g/mol. The van der Waals surface area contributed by atoms with Crippen LogP contribution in [0.3, 0.4) is 0 Å².